The number of ether oxygens (including phenoxy) is 1. The lowest BCUT2D eigenvalue weighted by Crippen LogP contribution is -2.35. The van der Waals surface area contributed by atoms with E-state index in [2.05, 4.69) is 13.8 Å². The van der Waals surface area contributed by atoms with Crippen molar-refractivity contribution >= 4 is 5.91 Å². The zero-order chi connectivity index (χ0) is 12.4. The summed E-state index contributed by atoms with van der Waals surface area (Å²) in [6.45, 7) is 7.14. The minimum Gasteiger partial charge on any atom is -0.385 e. The van der Waals surface area contributed by atoms with Gasteiger partial charge in [0.2, 0.25) is 5.91 Å². The lowest BCUT2D eigenvalue weighted by molar-refractivity contribution is -0.132. The van der Waals surface area contributed by atoms with Gasteiger partial charge in [-0.05, 0) is 25.3 Å². The van der Waals surface area contributed by atoms with E-state index in [4.69, 9.17) is 10.5 Å². The number of hydrogen-bond acceptors (Lipinski definition) is 3. The second-order valence-corrected chi connectivity index (χ2v) is 4.47. The van der Waals surface area contributed by atoms with E-state index < -0.39 is 0 Å². The fraction of sp³-hybridized carbons (Fsp3) is 0.917. The summed E-state index contributed by atoms with van der Waals surface area (Å²) in [7, 11) is 1.66. The van der Waals surface area contributed by atoms with Crippen LogP contribution in [-0.4, -0.2) is 44.2 Å². The number of hydrogen-bond donors (Lipinski definition) is 1. The molecule has 0 aliphatic rings. The highest BCUT2D eigenvalue weighted by Gasteiger charge is 2.13. The Hall–Kier alpha value is -0.610. The smallest absolute Gasteiger partial charge is 0.222 e. The maximum Gasteiger partial charge on any atom is 0.222 e. The minimum absolute atomic E-state index is 0.221. The topological polar surface area (TPSA) is 55.6 Å². The number of carbonyl (C=O) groups excluding carboxylic acids is 1. The van der Waals surface area contributed by atoms with Crippen LogP contribution >= 0.6 is 0 Å². The Kier molecular flexibility index (Phi) is 9.24. The van der Waals surface area contributed by atoms with Gasteiger partial charge in [0.05, 0.1) is 0 Å². The van der Waals surface area contributed by atoms with Crippen molar-refractivity contribution in [2.45, 2.75) is 33.1 Å². The molecule has 2 N–H and O–H groups in total. The van der Waals surface area contributed by atoms with Crippen molar-refractivity contribution in [2.24, 2.45) is 11.7 Å². The molecule has 0 unspecified atom stereocenters. The summed E-state index contributed by atoms with van der Waals surface area (Å²) in [5.41, 5.74) is 5.47. The number of amides is 1. The van der Waals surface area contributed by atoms with Crippen LogP contribution in [0.1, 0.15) is 33.1 Å². The minimum atomic E-state index is 0.221. The number of nitrogens with zero attached hydrogens (tertiary/aromatic N) is 1. The summed E-state index contributed by atoms with van der Waals surface area (Å²) in [6.07, 6.45) is 2.25. The van der Waals surface area contributed by atoms with Crippen LogP contribution in [-0.2, 0) is 9.53 Å². The third-order valence-corrected chi connectivity index (χ3v) is 2.31. The molecule has 0 bridgehead atoms. The Morgan fingerprint density at radius 3 is 2.56 bits per heavy atom. The zero-order valence-corrected chi connectivity index (χ0v) is 10.9. The average molecular weight is 230 g/mol. The molecule has 0 atom stereocenters. The van der Waals surface area contributed by atoms with Gasteiger partial charge < -0.3 is 15.4 Å². The van der Waals surface area contributed by atoms with Crippen LogP contribution in [0.2, 0.25) is 0 Å². The number of methoxy groups -OCH3 is 1. The number of rotatable bonds is 9. The third-order valence-electron chi connectivity index (χ3n) is 2.31. The molecule has 0 aliphatic heterocycles. The first-order chi connectivity index (χ1) is 7.61. The van der Waals surface area contributed by atoms with E-state index >= 15 is 0 Å². The van der Waals surface area contributed by atoms with Gasteiger partial charge in [0, 0.05) is 33.2 Å². The fourth-order valence-electron chi connectivity index (χ4n) is 1.57. The SMILES string of the molecule is COCCCC(=O)N(CCCN)CC(C)C. The molecule has 0 aromatic rings. The highest BCUT2D eigenvalue weighted by atomic mass is 16.5. The van der Waals surface area contributed by atoms with E-state index in [-0.39, 0.29) is 5.91 Å². The first-order valence-electron chi connectivity index (χ1n) is 6.08. The molecule has 0 aromatic heterocycles. The molecule has 0 spiro atoms. The Morgan fingerprint density at radius 2 is 2.06 bits per heavy atom. The molecule has 4 heteroatoms. The Morgan fingerprint density at radius 1 is 1.38 bits per heavy atom. The van der Waals surface area contributed by atoms with Gasteiger partial charge in [0.15, 0.2) is 0 Å². The van der Waals surface area contributed by atoms with Crippen molar-refractivity contribution in [3.63, 3.8) is 0 Å². The van der Waals surface area contributed by atoms with Gasteiger partial charge in [-0.3, -0.25) is 4.79 Å². The predicted molar refractivity (Wildman–Crippen MR) is 66.2 cm³/mol. The van der Waals surface area contributed by atoms with Crippen LogP contribution < -0.4 is 5.73 Å². The first kappa shape index (κ1) is 15.4. The second kappa shape index (κ2) is 9.60. The normalized spacial score (nSPS) is 10.8. The van der Waals surface area contributed by atoms with Gasteiger partial charge in [-0.2, -0.15) is 0 Å². The molecule has 0 aromatic carbocycles. The highest BCUT2D eigenvalue weighted by molar-refractivity contribution is 5.76. The van der Waals surface area contributed by atoms with Crippen molar-refractivity contribution in [1.29, 1.82) is 0 Å². The van der Waals surface area contributed by atoms with Crippen LogP contribution in [0.5, 0.6) is 0 Å². The number of nitrogens with two attached hydrogens (primary N) is 1. The van der Waals surface area contributed by atoms with Gasteiger partial charge in [0.25, 0.3) is 0 Å². The molecule has 96 valence electrons. The van der Waals surface area contributed by atoms with E-state index in [1.165, 1.54) is 0 Å². The standard InChI is InChI=1S/C12H26N2O2/c1-11(2)10-14(8-5-7-13)12(15)6-4-9-16-3/h11H,4-10,13H2,1-3H3. The van der Waals surface area contributed by atoms with Crippen molar-refractivity contribution in [3.05, 3.63) is 0 Å². The summed E-state index contributed by atoms with van der Waals surface area (Å²) >= 11 is 0. The van der Waals surface area contributed by atoms with Crippen LogP contribution in [0, 0.1) is 5.92 Å². The van der Waals surface area contributed by atoms with E-state index in [9.17, 15) is 4.79 Å². The van der Waals surface area contributed by atoms with Gasteiger partial charge in [0.1, 0.15) is 0 Å². The maximum absolute atomic E-state index is 11.9. The van der Waals surface area contributed by atoms with Gasteiger partial charge in [-0.1, -0.05) is 13.8 Å². The van der Waals surface area contributed by atoms with E-state index in [0.717, 1.165) is 25.9 Å². The Balaban J connectivity index is 3.99. The molecule has 0 radical (unpaired) electrons. The van der Waals surface area contributed by atoms with Crippen LogP contribution in [0.3, 0.4) is 0 Å². The summed E-state index contributed by atoms with van der Waals surface area (Å²) in [4.78, 5) is 13.8. The number of carbonyl (C=O) groups is 1. The molecule has 0 heterocycles. The first-order valence-corrected chi connectivity index (χ1v) is 6.08. The predicted octanol–water partition coefficient (Wildman–Crippen LogP) is 1.25. The fourth-order valence-corrected chi connectivity index (χ4v) is 1.57. The van der Waals surface area contributed by atoms with Crippen LogP contribution in [0.4, 0.5) is 0 Å². The van der Waals surface area contributed by atoms with Crippen molar-refractivity contribution in [2.75, 3.05) is 33.4 Å². The molecule has 4 nitrogen and oxygen atoms in total. The average Bonchev–Trinajstić information content (AvgIpc) is 2.23. The molecule has 1 amide bonds. The molecule has 0 rings (SSSR count). The molecule has 0 aliphatic carbocycles. The molecule has 0 fully saturated rings. The van der Waals surface area contributed by atoms with Crippen LogP contribution in [0.25, 0.3) is 0 Å². The molecular weight excluding hydrogens is 204 g/mol. The van der Waals surface area contributed by atoms with Crippen molar-refractivity contribution < 1.29 is 9.53 Å². The van der Waals surface area contributed by atoms with E-state index in [1.807, 2.05) is 4.90 Å². The van der Waals surface area contributed by atoms with Gasteiger partial charge >= 0.3 is 0 Å². The highest BCUT2D eigenvalue weighted by Crippen LogP contribution is 2.04. The molecule has 16 heavy (non-hydrogen) atoms. The lowest BCUT2D eigenvalue weighted by Gasteiger charge is -2.24. The van der Waals surface area contributed by atoms with Gasteiger partial charge in [-0.25, -0.2) is 0 Å². The second-order valence-electron chi connectivity index (χ2n) is 4.47. The molecule has 0 saturated heterocycles. The lowest BCUT2D eigenvalue weighted by atomic mass is 10.2. The van der Waals surface area contributed by atoms with Crippen molar-refractivity contribution in [3.8, 4) is 0 Å². The van der Waals surface area contributed by atoms with Crippen LogP contribution in [0.15, 0.2) is 0 Å². The van der Waals surface area contributed by atoms with E-state index in [0.29, 0.717) is 25.5 Å². The Labute approximate surface area is 99.1 Å². The summed E-state index contributed by atoms with van der Waals surface area (Å²) in [6, 6.07) is 0. The quantitative estimate of drug-likeness (QED) is 0.606. The Bertz CT molecular complexity index is 184. The largest absolute Gasteiger partial charge is 0.385 e. The molecule has 0 saturated carbocycles. The zero-order valence-electron chi connectivity index (χ0n) is 10.9. The monoisotopic (exact) mass is 230 g/mol. The van der Waals surface area contributed by atoms with Crippen molar-refractivity contribution in [1.82, 2.24) is 4.90 Å². The molecular formula is C12H26N2O2. The van der Waals surface area contributed by atoms with Gasteiger partial charge in [-0.15, -0.1) is 0 Å². The summed E-state index contributed by atoms with van der Waals surface area (Å²) < 4.78 is 4.94. The summed E-state index contributed by atoms with van der Waals surface area (Å²) in [5, 5.41) is 0. The maximum atomic E-state index is 11.9. The summed E-state index contributed by atoms with van der Waals surface area (Å²) in [5.74, 6) is 0.725. The third kappa shape index (κ3) is 7.65. The van der Waals surface area contributed by atoms with E-state index in [1.54, 1.807) is 7.11 Å².